The molecule has 1 N–H and O–H groups in total. The molecule has 0 bridgehead atoms. The summed E-state index contributed by atoms with van der Waals surface area (Å²) in [7, 11) is 0. The molecule has 18 heavy (non-hydrogen) atoms. The minimum atomic E-state index is -0.497. The molecular weight excluding hydrogens is 226 g/mol. The molecule has 0 aromatic heterocycles. The van der Waals surface area contributed by atoms with Crippen molar-refractivity contribution in [2.75, 3.05) is 13.1 Å². The monoisotopic (exact) mass is 245 g/mol. The molecule has 96 valence electrons. The molecule has 1 saturated heterocycles. The van der Waals surface area contributed by atoms with Gasteiger partial charge in [0.1, 0.15) is 5.60 Å². The molecule has 2 rings (SSSR count). The lowest BCUT2D eigenvalue weighted by Crippen LogP contribution is -2.43. The van der Waals surface area contributed by atoms with Gasteiger partial charge in [0.2, 0.25) is 0 Å². The maximum absolute atomic E-state index is 11.8. The Morgan fingerprint density at radius 2 is 1.89 bits per heavy atom. The lowest BCUT2D eigenvalue weighted by molar-refractivity contribution is -0.159. The van der Waals surface area contributed by atoms with Crippen molar-refractivity contribution < 1.29 is 9.53 Å². The molecular formula is C15H19NO2. The zero-order valence-corrected chi connectivity index (χ0v) is 10.7. The van der Waals surface area contributed by atoms with Gasteiger partial charge < -0.3 is 10.1 Å². The first-order chi connectivity index (χ1) is 8.64. The van der Waals surface area contributed by atoms with Crippen LogP contribution >= 0.6 is 0 Å². The van der Waals surface area contributed by atoms with Crippen LogP contribution in [0.4, 0.5) is 0 Å². The van der Waals surface area contributed by atoms with Gasteiger partial charge in [0.05, 0.1) is 0 Å². The second-order valence-electron chi connectivity index (χ2n) is 4.78. The van der Waals surface area contributed by atoms with Gasteiger partial charge in [0.25, 0.3) is 0 Å². The minimum Gasteiger partial charge on any atom is -0.451 e. The molecule has 0 amide bonds. The fourth-order valence-electron chi connectivity index (χ4n) is 2.29. The molecule has 0 radical (unpaired) electrons. The highest BCUT2D eigenvalue weighted by Gasteiger charge is 2.37. The maximum Gasteiger partial charge on any atom is 0.333 e. The number of nitrogens with one attached hydrogen (secondary N) is 1. The highest BCUT2D eigenvalue weighted by molar-refractivity contribution is 5.87. The largest absolute Gasteiger partial charge is 0.451 e. The van der Waals surface area contributed by atoms with Crippen LogP contribution in [0.3, 0.4) is 0 Å². The van der Waals surface area contributed by atoms with E-state index in [1.54, 1.807) is 6.92 Å². The van der Waals surface area contributed by atoms with Gasteiger partial charge in [0.15, 0.2) is 0 Å². The predicted octanol–water partition coefficient (Wildman–Crippen LogP) is 2.38. The Kier molecular flexibility index (Phi) is 3.82. The highest BCUT2D eigenvalue weighted by Crippen LogP contribution is 2.35. The quantitative estimate of drug-likeness (QED) is 0.656. The Morgan fingerprint density at radius 1 is 1.28 bits per heavy atom. The summed E-state index contributed by atoms with van der Waals surface area (Å²) in [5.41, 5.74) is 1.02. The third-order valence-electron chi connectivity index (χ3n) is 3.35. The summed E-state index contributed by atoms with van der Waals surface area (Å²) in [5, 5.41) is 3.30. The van der Waals surface area contributed by atoms with Crippen LogP contribution in [0, 0.1) is 0 Å². The topological polar surface area (TPSA) is 38.3 Å². The molecule has 3 nitrogen and oxygen atoms in total. The van der Waals surface area contributed by atoms with Gasteiger partial charge in [-0.15, -0.1) is 0 Å². The van der Waals surface area contributed by atoms with E-state index < -0.39 is 5.60 Å². The van der Waals surface area contributed by atoms with Gasteiger partial charge in [-0.3, -0.25) is 0 Å². The third-order valence-corrected chi connectivity index (χ3v) is 3.35. The van der Waals surface area contributed by atoms with E-state index in [0.717, 1.165) is 31.5 Å². The summed E-state index contributed by atoms with van der Waals surface area (Å²) >= 11 is 0. The van der Waals surface area contributed by atoms with Crippen molar-refractivity contribution in [1.82, 2.24) is 5.32 Å². The van der Waals surface area contributed by atoms with E-state index in [1.807, 2.05) is 30.3 Å². The standard InChI is InChI=1S/C15H19NO2/c1-12(2)14(17)18-15(8-10-16-11-9-15)13-6-4-3-5-7-13/h3-7,16H,1,8-11H2,2H3. The third kappa shape index (κ3) is 2.62. The highest BCUT2D eigenvalue weighted by atomic mass is 16.6. The number of benzene rings is 1. The number of rotatable bonds is 3. The Labute approximate surface area is 108 Å². The van der Waals surface area contributed by atoms with Crippen LogP contribution in [0.5, 0.6) is 0 Å². The van der Waals surface area contributed by atoms with Gasteiger partial charge in [-0.2, -0.15) is 0 Å². The molecule has 3 heteroatoms. The second-order valence-corrected chi connectivity index (χ2v) is 4.78. The van der Waals surface area contributed by atoms with E-state index in [-0.39, 0.29) is 5.97 Å². The van der Waals surface area contributed by atoms with Crippen LogP contribution in [0.25, 0.3) is 0 Å². The summed E-state index contributed by atoms with van der Waals surface area (Å²) in [6.07, 6.45) is 1.60. The number of ether oxygens (including phenoxy) is 1. The molecule has 0 saturated carbocycles. The summed E-state index contributed by atoms with van der Waals surface area (Å²) < 4.78 is 5.75. The first kappa shape index (κ1) is 12.8. The average Bonchev–Trinajstić information content (AvgIpc) is 2.40. The molecule has 0 spiro atoms. The SMILES string of the molecule is C=C(C)C(=O)OC1(c2ccccc2)CCNCC1. The van der Waals surface area contributed by atoms with Gasteiger partial charge in [-0.05, 0) is 25.6 Å². The Bertz CT molecular complexity index is 433. The fraction of sp³-hybridized carbons (Fsp3) is 0.400. The zero-order valence-electron chi connectivity index (χ0n) is 10.7. The van der Waals surface area contributed by atoms with Crippen LogP contribution in [-0.4, -0.2) is 19.1 Å². The summed E-state index contributed by atoms with van der Waals surface area (Å²) in [6.45, 7) is 7.06. The van der Waals surface area contributed by atoms with Crippen LogP contribution in [0.1, 0.15) is 25.3 Å². The number of hydrogen-bond acceptors (Lipinski definition) is 3. The lowest BCUT2D eigenvalue weighted by Gasteiger charge is -2.37. The van der Waals surface area contributed by atoms with Gasteiger partial charge in [-0.1, -0.05) is 36.9 Å². The molecule has 0 unspecified atom stereocenters. The number of hydrogen-bond donors (Lipinski definition) is 1. The number of piperidine rings is 1. The molecule has 1 fully saturated rings. The van der Waals surface area contributed by atoms with Crippen molar-refractivity contribution in [3.8, 4) is 0 Å². The van der Waals surface area contributed by atoms with Crippen LogP contribution in [-0.2, 0) is 15.1 Å². The van der Waals surface area contributed by atoms with Crippen molar-refractivity contribution in [2.45, 2.75) is 25.4 Å². The van der Waals surface area contributed by atoms with Crippen molar-refractivity contribution in [1.29, 1.82) is 0 Å². The number of esters is 1. The maximum atomic E-state index is 11.8. The second kappa shape index (κ2) is 5.36. The van der Waals surface area contributed by atoms with Crippen molar-refractivity contribution in [2.24, 2.45) is 0 Å². The van der Waals surface area contributed by atoms with E-state index in [0.29, 0.717) is 5.57 Å². The number of carbonyl (C=O) groups excluding carboxylic acids is 1. The first-order valence-corrected chi connectivity index (χ1v) is 6.29. The molecule has 1 aliphatic rings. The smallest absolute Gasteiger partial charge is 0.333 e. The number of carbonyl (C=O) groups is 1. The van der Waals surface area contributed by atoms with E-state index in [9.17, 15) is 4.79 Å². The van der Waals surface area contributed by atoms with E-state index >= 15 is 0 Å². The van der Waals surface area contributed by atoms with Crippen molar-refractivity contribution in [3.05, 3.63) is 48.0 Å². The minimum absolute atomic E-state index is 0.305. The Hall–Kier alpha value is -1.61. The first-order valence-electron chi connectivity index (χ1n) is 6.29. The molecule has 1 aliphatic heterocycles. The molecule has 0 aliphatic carbocycles. The van der Waals surface area contributed by atoms with Gasteiger partial charge in [0, 0.05) is 18.4 Å². The van der Waals surface area contributed by atoms with E-state index in [2.05, 4.69) is 11.9 Å². The van der Waals surface area contributed by atoms with E-state index in [4.69, 9.17) is 4.74 Å². The molecule has 0 atom stereocenters. The Balaban J connectivity index is 2.29. The normalized spacial score (nSPS) is 18.1. The van der Waals surface area contributed by atoms with Crippen LogP contribution in [0.2, 0.25) is 0 Å². The van der Waals surface area contributed by atoms with Crippen LogP contribution < -0.4 is 5.32 Å². The summed E-state index contributed by atoms with van der Waals surface area (Å²) in [6, 6.07) is 9.98. The summed E-state index contributed by atoms with van der Waals surface area (Å²) in [4.78, 5) is 11.8. The lowest BCUT2D eigenvalue weighted by atomic mass is 9.84. The van der Waals surface area contributed by atoms with Crippen molar-refractivity contribution in [3.63, 3.8) is 0 Å². The Morgan fingerprint density at radius 3 is 2.44 bits per heavy atom. The molecule has 1 aromatic carbocycles. The average molecular weight is 245 g/mol. The zero-order chi connectivity index (χ0) is 13.0. The predicted molar refractivity (Wildman–Crippen MR) is 71.1 cm³/mol. The fourth-order valence-corrected chi connectivity index (χ4v) is 2.29. The van der Waals surface area contributed by atoms with Gasteiger partial charge in [-0.25, -0.2) is 4.79 Å². The van der Waals surface area contributed by atoms with E-state index in [1.165, 1.54) is 0 Å². The molecule has 1 aromatic rings. The van der Waals surface area contributed by atoms with Crippen molar-refractivity contribution >= 4 is 5.97 Å². The molecule has 1 heterocycles. The summed E-state index contributed by atoms with van der Waals surface area (Å²) in [5.74, 6) is -0.305. The van der Waals surface area contributed by atoms with Crippen LogP contribution in [0.15, 0.2) is 42.5 Å². The van der Waals surface area contributed by atoms with Gasteiger partial charge >= 0.3 is 5.97 Å².